The summed E-state index contributed by atoms with van der Waals surface area (Å²) in [6.07, 6.45) is 1.21. The molecule has 1 aromatic heterocycles. The van der Waals surface area contributed by atoms with Gasteiger partial charge < -0.3 is 10.2 Å². The molecule has 2 aromatic rings. The smallest absolute Gasteiger partial charge is 0.184 e. The fourth-order valence-electron chi connectivity index (χ4n) is 2.32. The number of likely N-dealkylation sites (N-methyl/N-ethyl adjacent to an activating group) is 1. The van der Waals surface area contributed by atoms with Gasteiger partial charge in [0.15, 0.2) is 5.13 Å². The second-order valence-corrected chi connectivity index (χ2v) is 5.91. The zero-order chi connectivity index (χ0) is 11.8. The largest absolute Gasteiger partial charge is 0.357 e. The van der Waals surface area contributed by atoms with Crippen molar-refractivity contribution in [1.29, 1.82) is 0 Å². The number of fused-ring (bicyclic) bond motifs is 1. The van der Waals surface area contributed by atoms with Crippen molar-refractivity contribution in [2.45, 2.75) is 19.4 Å². The molecule has 0 radical (unpaired) electrons. The van der Waals surface area contributed by atoms with E-state index in [4.69, 9.17) is 0 Å². The van der Waals surface area contributed by atoms with Gasteiger partial charge in [-0.25, -0.2) is 4.98 Å². The van der Waals surface area contributed by atoms with Crippen molar-refractivity contribution >= 4 is 26.7 Å². The minimum absolute atomic E-state index is 0.557. The Bertz CT molecular complexity index is 534. The van der Waals surface area contributed by atoms with Crippen LogP contribution in [0.4, 0.5) is 5.13 Å². The zero-order valence-electron chi connectivity index (χ0n) is 10.2. The molecule has 0 saturated carbocycles. The molecular weight excluding hydrogens is 230 g/mol. The van der Waals surface area contributed by atoms with Gasteiger partial charge in [-0.1, -0.05) is 17.4 Å². The Hall–Kier alpha value is -1.13. The molecule has 1 atom stereocenters. The van der Waals surface area contributed by atoms with Gasteiger partial charge in [-0.2, -0.15) is 0 Å². The van der Waals surface area contributed by atoms with E-state index < -0.39 is 0 Å². The molecule has 0 spiro atoms. The van der Waals surface area contributed by atoms with Crippen LogP contribution < -0.4 is 5.32 Å². The van der Waals surface area contributed by atoms with E-state index in [-0.39, 0.29) is 0 Å². The highest BCUT2D eigenvalue weighted by molar-refractivity contribution is 7.22. The maximum atomic E-state index is 4.63. The van der Waals surface area contributed by atoms with Crippen LogP contribution in [-0.2, 0) is 0 Å². The summed E-state index contributed by atoms with van der Waals surface area (Å²) >= 11 is 1.76. The number of hydrogen-bond acceptors (Lipinski definition) is 4. The molecule has 90 valence electrons. The van der Waals surface area contributed by atoms with Gasteiger partial charge in [-0.15, -0.1) is 0 Å². The molecule has 3 rings (SSSR count). The molecule has 0 bridgehead atoms. The normalized spacial score (nSPS) is 21.2. The van der Waals surface area contributed by atoms with E-state index in [1.54, 1.807) is 11.3 Å². The van der Waals surface area contributed by atoms with Gasteiger partial charge in [-0.05, 0) is 44.6 Å². The number of rotatable bonds is 2. The zero-order valence-corrected chi connectivity index (χ0v) is 11.0. The summed E-state index contributed by atoms with van der Waals surface area (Å²) in [5.74, 6) is 0. The maximum absolute atomic E-state index is 4.63. The van der Waals surface area contributed by atoms with Crippen LogP contribution in [0.2, 0.25) is 0 Å². The average Bonchev–Trinajstić information content (AvgIpc) is 2.84. The molecule has 1 saturated heterocycles. The highest BCUT2D eigenvalue weighted by atomic mass is 32.1. The number of thiazole rings is 1. The molecule has 1 unspecified atom stereocenters. The fraction of sp³-hybridized carbons (Fsp3) is 0.462. The van der Waals surface area contributed by atoms with Gasteiger partial charge in [0.05, 0.1) is 10.2 Å². The first-order chi connectivity index (χ1) is 8.20. The van der Waals surface area contributed by atoms with Crippen LogP contribution >= 0.6 is 11.3 Å². The van der Waals surface area contributed by atoms with Crippen LogP contribution in [0.25, 0.3) is 10.2 Å². The molecule has 1 aromatic carbocycles. The van der Waals surface area contributed by atoms with E-state index in [2.05, 4.69) is 47.4 Å². The number of nitrogens with zero attached hydrogens (tertiary/aromatic N) is 2. The summed E-state index contributed by atoms with van der Waals surface area (Å²) in [5, 5.41) is 4.61. The second-order valence-electron chi connectivity index (χ2n) is 4.88. The Morgan fingerprint density at radius 1 is 1.47 bits per heavy atom. The Morgan fingerprint density at radius 3 is 3.12 bits per heavy atom. The average molecular weight is 247 g/mol. The number of aryl methyl sites for hydroxylation is 1. The third kappa shape index (κ3) is 2.28. The van der Waals surface area contributed by atoms with Crippen molar-refractivity contribution in [2.75, 3.05) is 25.5 Å². The van der Waals surface area contributed by atoms with E-state index in [9.17, 15) is 0 Å². The SMILES string of the molecule is Cc1ccc2nc(NC3CCN(C)C3)sc2c1. The Labute approximate surface area is 105 Å². The third-order valence-corrected chi connectivity index (χ3v) is 4.21. The molecule has 3 nitrogen and oxygen atoms in total. The number of nitrogens with one attached hydrogen (secondary N) is 1. The summed E-state index contributed by atoms with van der Waals surface area (Å²) in [5.41, 5.74) is 2.41. The highest BCUT2D eigenvalue weighted by Crippen LogP contribution is 2.27. The van der Waals surface area contributed by atoms with Crippen molar-refractivity contribution in [3.8, 4) is 0 Å². The van der Waals surface area contributed by atoms with Crippen LogP contribution in [-0.4, -0.2) is 36.1 Å². The lowest BCUT2D eigenvalue weighted by atomic mass is 10.2. The van der Waals surface area contributed by atoms with Gasteiger partial charge in [0.2, 0.25) is 0 Å². The van der Waals surface area contributed by atoms with E-state index in [0.717, 1.165) is 17.2 Å². The van der Waals surface area contributed by atoms with Crippen LogP contribution in [0.3, 0.4) is 0 Å². The molecule has 1 N–H and O–H groups in total. The molecule has 2 heterocycles. The molecule has 0 aliphatic carbocycles. The van der Waals surface area contributed by atoms with E-state index in [1.807, 2.05) is 0 Å². The lowest BCUT2D eigenvalue weighted by molar-refractivity contribution is 0.414. The van der Waals surface area contributed by atoms with Crippen LogP contribution in [0.1, 0.15) is 12.0 Å². The summed E-state index contributed by atoms with van der Waals surface area (Å²) in [4.78, 5) is 6.99. The molecule has 1 aliphatic heterocycles. The van der Waals surface area contributed by atoms with Crippen molar-refractivity contribution in [1.82, 2.24) is 9.88 Å². The van der Waals surface area contributed by atoms with Crippen LogP contribution in [0, 0.1) is 6.92 Å². The first-order valence-electron chi connectivity index (χ1n) is 6.03. The van der Waals surface area contributed by atoms with E-state index >= 15 is 0 Å². The quantitative estimate of drug-likeness (QED) is 0.884. The van der Waals surface area contributed by atoms with Crippen molar-refractivity contribution in [2.24, 2.45) is 0 Å². The standard InChI is InChI=1S/C13H17N3S/c1-9-3-4-11-12(7-9)17-13(15-11)14-10-5-6-16(2)8-10/h3-4,7,10H,5-6,8H2,1-2H3,(H,14,15). The Kier molecular flexibility index (Phi) is 2.76. The third-order valence-electron chi connectivity index (χ3n) is 3.26. The minimum atomic E-state index is 0.557. The fourth-order valence-corrected chi connectivity index (χ4v) is 3.36. The lowest BCUT2D eigenvalue weighted by Crippen LogP contribution is -2.23. The highest BCUT2D eigenvalue weighted by Gasteiger charge is 2.20. The summed E-state index contributed by atoms with van der Waals surface area (Å²) in [6, 6.07) is 6.99. The topological polar surface area (TPSA) is 28.2 Å². The monoisotopic (exact) mass is 247 g/mol. The van der Waals surface area contributed by atoms with E-state index in [0.29, 0.717) is 6.04 Å². The number of aromatic nitrogens is 1. The number of benzene rings is 1. The van der Waals surface area contributed by atoms with Gasteiger partial charge >= 0.3 is 0 Å². The molecular formula is C13H17N3S. The maximum Gasteiger partial charge on any atom is 0.184 e. The minimum Gasteiger partial charge on any atom is -0.357 e. The molecule has 0 amide bonds. The predicted octanol–water partition coefficient (Wildman–Crippen LogP) is 2.72. The molecule has 4 heteroatoms. The number of likely N-dealkylation sites (tertiary alicyclic amines) is 1. The number of anilines is 1. The summed E-state index contributed by atoms with van der Waals surface area (Å²) < 4.78 is 1.28. The van der Waals surface area contributed by atoms with Gasteiger partial charge in [-0.3, -0.25) is 0 Å². The number of hydrogen-bond donors (Lipinski definition) is 1. The van der Waals surface area contributed by atoms with Crippen LogP contribution in [0.5, 0.6) is 0 Å². The molecule has 17 heavy (non-hydrogen) atoms. The second kappa shape index (κ2) is 4.27. The van der Waals surface area contributed by atoms with Gasteiger partial charge in [0.25, 0.3) is 0 Å². The van der Waals surface area contributed by atoms with E-state index in [1.165, 1.54) is 23.2 Å². The first-order valence-corrected chi connectivity index (χ1v) is 6.84. The van der Waals surface area contributed by atoms with Crippen LogP contribution in [0.15, 0.2) is 18.2 Å². The summed E-state index contributed by atoms with van der Waals surface area (Å²) in [6.45, 7) is 4.43. The first kappa shape index (κ1) is 11.0. The molecule has 1 fully saturated rings. The van der Waals surface area contributed by atoms with Crippen molar-refractivity contribution in [3.63, 3.8) is 0 Å². The van der Waals surface area contributed by atoms with Gasteiger partial charge in [0, 0.05) is 12.6 Å². The Morgan fingerprint density at radius 2 is 2.35 bits per heavy atom. The summed E-state index contributed by atoms with van der Waals surface area (Å²) in [7, 11) is 2.17. The Balaban J connectivity index is 1.81. The molecule has 1 aliphatic rings. The predicted molar refractivity (Wildman–Crippen MR) is 73.9 cm³/mol. The van der Waals surface area contributed by atoms with Crippen molar-refractivity contribution in [3.05, 3.63) is 23.8 Å². The lowest BCUT2D eigenvalue weighted by Gasteiger charge is -2.10. The van der Waals surface area contributed by atoms with Crippen molar-refractivity contribution < 1.29 is 0 Å². The van der Waals surface area contributed by atoms with Gasteiger partial charge in [0.1, 0.15) is 0 Å².